The molecule has 200 valence electrons. The summed E-state index contributed by atoms with van der Waals surface area (Å²) >= 11 is 0. The maximum atomic E-state index is 13.5. The Morgan fingerprint density at radius 1 is 1.11 bits per heavy atom. The number of aromatic hydroxyl groups is 1. The standard InChI is InChI=1S/C28H42N2O6/c1-4-5-6-21-17-24-20(2)29(19-21)10-9-23-25-18-22(31)7-8-26(25)30(27(23)24)28(32)36-16-15-35-14-13-34-12-11-33-3/h7-8,18,20-21,24,31H,4-6,9-17,19H2,1-3H3/t20?,21-,24+/m0/s1. The molecule has 1 aromatic carbocycles. The summed E-state index contributed by atoms with van der Waals surface area (Å²) in [6, 6.07) is 5.65. The Bertz CT molecular complexity index is 1010. The fourth-order valence-electron chi connectivity index (χ4n) is 5.90. The third-order valence-corrected chi connectivity index (χ3v) is 7.74. The topological polar surface area (TPSA) is 82.4 Å². The minimum absolute atomic E-state index is 0.176. The van der Waals surface area contributed by atoms with E-state index in [0.717, 1.165) is 42.5 Å². The quantitative estimate of drug-likeness (QED) is 0.426. The van der Waals surface area contributed by atoms with Gasteiger partial charge in [0.2, 0.25) is 0 Å². The van der Waals surface area contributed by atoms with Gasteiger partial charge >= 0.3 is 6.09 Å². The van der Waals surface area contributed by atoms with Gasteiger partial charge in [0.1, 0.15) is 12.4 Å². The Balaban J connectivity index is 1.51. The predicted octanol–water partition coefficient (Wildman–Crippen LogP) is 4.55. The van der Waals surface area contributed by atoms with E-state index in [1.54, 1.807) is 23.8 Å². The highest BCUT2D eigenvalue weighted by Crippen LogP contribution is 2.44. The summed E-state index contributed by atoms with van der Waals surface area (Å²) in [5, 5.41) is 11.2. The van der Waals surface area contributed by atoms with Gasteiger partial charge in [-0.25, -0.2) is 9.36 Å². The van der Waals surface area contributed by atoms with Gasteiger partial charge in [-0.3, -0.25) is 4.90 Å². The Morgan fingerprint density at radius 3 is 2.61 bits per heavy atom. The van der Waals surface area contributed by atoms with E-state index in [4.69, 9.17) is 18.9 Å². The molecule has 0 amide bonds. The lowest BCUT2D eigenvalue weighted by molar-refractivity contribution is 0.0131. The van der Waals surface area contributed by atoms with E-state index in [2.05, 4.69) is 18.7 Å². The summed E-state index contributed by atoms with van der Waals surface area (Å²) in [4.78, 5) is 16.1. The number of fused-ring (bicyclic) bond motifs is 6. The van der Waals surface area contributed by atoms with E-state index in [1.807, 2.05) is 6.07 Å². The molecule has 3 heterocycles. The number of carbonyl (C=O) groups excluding carboxylic acids is 1. The molecule has 1 N–H and O–H groups in total. The summed E-state index contributed by atoms with van der Waals surface area (Å²) in [6.07, 6.45) is 5.24. The van der Waals surface area contributed by atoms with Gasteiger partial charge in [0.25, 0.3) is 0 Å². The van der Waals surface area contributed by atoms with E-state index >= 15 is 0 Å². The molecule has 2 bridgehead atoms. The molecule has 2 aliphatic heterocycles. The minimum Gasteiger partial charge on any atom is -0.508 e. The number of hydrogen-bond donors (Lipinski definition) is 1. The predicted molar refractivity (Wildman–Crippen MR) is 139 cm³/mol. The van der Waals surface area contributed by atoms with Crippen LogP contribution in [0, 0.1) is 5.92 Å². The number of piperidine rings is 1. The highest BCUT2D eigenvalue weighted by Gasteiger charge is 2.41. The van der Waals surface area contributed by atoms with Crippen LogP contribution in [0.3, 0.4) is 0 Å². The molecule has 1 unspecified atom stereocenters. The van der Waals surface area contributed by atoms with E-state index in [-0.39, 0.29) is 24.4 Å². The third-order valence-electron chi connectivity index (χ3n) is 7.74. The second-order valence-corrected chi connectivity index (χ2v) is 10.1. The average Bonchev–Trinajstić information content (AvgIpc) is 3.16. The van der Waals surface area contributed by atoms with Crippen molar-refractivity contribution in [2.24, 2.45) is 5.92 Å². The molecule has 0 aliphatic carbocycles. The largest absolute Gasteiger partial charge is 0.508 e. The number of nitrogens with zero attached hydrogens (tertiary/aromatic N) is 2. The molecule has 0 radical (unpaired) electrons. The number of hydrogen-bond acceptors (Lipinski definition) is 7. The number of rotatable bonds is 12. The molecule has 4 rings (SSSR count). The number of carbonyl (C=O) groups is 1. The second-order valence-electron chi connectivity index (χ2n) is 10.1. The summed E-state index contributed by atoms with van der Waals surface area (Å²) in [5.41, 5.74) is 3.06. The number of phenolic OH excluding ortho intramolecular Hbond substituents is 1. The van der Waals surface area contributed by atoms with Crippen LogP contribution in [0.1, 0.15) is 56.7 Å². The fraction of sp³-hybridized carbons (Fsp3) is 0.679. The lowest BCUT2D eigenvalue weighted by Gasteiger charge is -2.42. The zero-order valence-corrected chi connectivity index (χ0v) is 22.0. The van der Waals surface area contributed by atoms with E-state index < -0.39 is 0 Å². The molecule has 8 heteroatoms. The van der Waals surface area contributed by atoms with Gasteiger partial charge in [-0.15, -0.1) is 0 Å². The molecule has 36 heavy (non-hydrogen) atoms. The smallest absolute Gasteiger partial charge is 0.418 e. The number of ether oxygens (including phenoxy) is 4. The molecule has 2 aromatic rings. The molecular weight excluding hydrogens is 460 g/mol. The molecule has 1 saturated heterocycles. The summed E-state index contributed by atoms with van der Waals surface area (Å²) < 4.78 is 23.4. The summed E-state index contributed by atoms with van der Waals surface area (Å²) in [7, 11) is 1.64. The van der Waals surface area contributed by atoms with Crippen LogP contribution in [0.15, 0.2) is 18.2 Å². The van der Waals surface area contributed by atoms with Crippen molar-refractivity contribution in [3.63, 3.8) is 0 Å². The van der Waals surface area contributed by atoms with Crippen LogP contribution in [0.5, 0.6) is 5.75 Å². The first-order valence-corrected chi connectivity index (χ1v) is 13.5. The fourth-order valence-corrected chi connectivity index (χ4v) is 5.90. The van der Waals surface area contributed by atoms with Gasteiger partial charge in [-0.1, -0.05) is 19.8 Å². The number of phenols is 1. The van der Waals surface area contributed by atoms with Crippen LogP contribution in [-0.2, 0) is 25.4 Å². The molecule has 1 fully saturated rings. The molecule has 1 aromatic heterocycles. The van der Waals surface area contributed by atoms with Crippen LogP contribution in [0.25, 0.3) is 10.9 Å². The van der Waals surface area contributed by atoms with Gasteiger partial charge in [0.15, 0.2) is 0 Å². The first kappa shape index (κ1) is 26.9. The van der Waals surface area contributed by atoms with Crippen molar-refractivity contribution >= 4 is 17.0 Å². The van der Waals surface area contributed by atoms with Crippen molar-refractivity contribution in [3.8, 4) is 5.75 Å². The highest BCUT2D eigenvalue weighted by atomic mass is 16.6. The van der Waals surface area contributed by atoms with Gasteiger partial charge < -0.3 is 24.1 Å². The molecule has 8 nitrogen and oxygen atoms in total. The molecular formula is C28H42N2O6. The molecule has 0 spiro atoms. The first-order valence-electron chi connectivity index (χ1n) is 13.5. The van der Waals surface area contributed by atoms with Crippen molar-refractivity contribution in [1.82, 2.24) is 9.47 Å². The number of benzene rings is 1. The van der Waals surface area contributed by atoms with Crippen molar-refractivity contribution in [2.75, 3.05) is 59.8 Å². The van der Waals surface area contributed by atoms with E-state index in [0.29, 0.717) is 45.0 Å². The van der Waals surface area contributed by atoms with Crippen LogP contribution in [0.4, 0.5) is 4.79 Å². The van der Waals surface area contributed by atoms with Gasteiger partial charge in [0.05, 0.1) is 38.6 Å². The van der Waals surface area contributed by atoms with Gasteiger partial charge in [-0.2, -0.15) is 0 Å². The van der Waals surface area contributed by atoms with Crippen molar-refractivity contribution in [2.45, 2.75) is 57.9 Å². The van der Waals surface area contributed by atoms with E-state index in [9.17, 15) is 9.90 Å². The Kier molecular flexibility index (Phi) is 9.65. The second kappa shape index (κ2) is 12.9. The minimum atomic E-state index is -0.372. The lowest BCUT2D eigenvalue weighted by Crippen LogP contribution is -2.46. The molecule has 2 aliphatic rings. The zero-order chi connectivity index (χ0) is 25.5. The van der Waals surface area contributed by atoms with Crippen molar-refractivity contribution in [3.05, 3.63) is 29.5 Å². The number of aromatic nitrogens is 1. The van der Waals surface area contributed by atoms with Gasteiger partial charge in [-0.05, 0) is 55.9 Å². The highest BCUT2D eigenvalue weighted by molar-refractivity contribution is 5.95. The molecule has 4 atom stereocenters. The normalized spacial score (nSPS) is 23.4. The number of methoxy groups -OCH3 is 1. The summed E-state index contributed by atoms with van der Waals surface area (Å²) in [5.74, 6) is 1.10. The van der Waals surface area contributed by atoms with Crippen LogP contribution < -0.4 is 0 Å². The maximum absolute atomic E-state index is 13.5. The number of unbranched alkanes of at least 4 members (excludes halogenated alkanes) is 1. The van der Waals surface area contributed by atoms with Crippen LogP contribution in [-0.4, -0.2) is 86.5 Å². The Labute approximate surface area is 214 Å². The summed E-state index contributed by atoms with van der Waals surface area (Å²) in [6.45, 7) is 9.14. The average molecular weight is 503 g/mol. The molecule has 0 saturated carbocycles. The van der Waals surface area contributed by atoms with Crippen molar-refractivity contribution in [1.29, 1.82) is 0 Å². The Morgan fingerprint density at radius 2 is 1.86 bits per heavy atom. The van der Waals surface area contributed by atoms with Crippen LogP contribution in [0.2, 0.25) is 0 Å². The van der Waals surface area contributed by atoms with Crippen LogP contribution >= 0.6 is 0 Å². The third kappa shape index (κ3) is 6.05. The van der Waals surface area contributed by atoms with E-state index in [1.165, 1.54) is 24.8 Å². The van der Waals surface area contributed by atoms with Gasteiger partial charge in [0, 0.05) is 43.2 Å². The zero-order valence-electron chi connectivity index (χ0n) is 22.0. The maximum Gasteiger partial charge on any atom is 0.418 e. The van der Waals surface area contributed by atoms with Crippen molar-refractivity contribution < 1.29 is 28.8 Å². The monoisotopic (exact) mass is 502 g/mol. The first-order chi connectivity index (χ1) is 17.5. The lowest BCUT2D eigenvalue weighted by atomic mass is 9.80. The Hall–Kier alpha value is -2.13. The SMILES string of the molecule is CCCC[C@H]1C[C@H]2c3c(c4cc(O)ccc4n3C(=O)OCCOCCOCCOC)CC[N@@](C1)C2C.